The summed E-state index contributed by atoms with van der Waals surface area (Å²) in [4.78, 5) is -0.469. The molecule has 0 unspecified atom stereocenters. The molecule has 0 saturated heterocycles. The average molecular weight is 345 g/mol. The molecule has 0 aliphatic rings. The Labute approximate surface area is 126 Å². The first kappa shape index (κ1) is 18.2. The molecule has 0 radical (unpaired) electrons. The third-order valence-electron chi connectivity index (χ3n) is 2.52. The predicted molar refractivity (Wildman–Crippen MR) is 74.8 cm³/mol. The summed E-state index contributed by atoms with van der Waals surface area (Å²) in [6.45, 7) is 4.23. The zero-order chi connectivity index (χ0) is 16.3. The van der Waals surface area contributed by atoms with Gasteiger partial charge in [0.2, 0.25) is 10.0 Å². The summed E-state index contributed by atoms with van der Waals surface area (Å²) in [7, 11) is -4.01. The van der Waals surface area contributed by atoms with Crippen molar-refractivity contribution in [2.24, 2.45) is 0 Å². The molecule has 0 saturated carbocycles. The van der Waals surface area contributed by atoms with Gasteiger partial charge in [-0.2, -0.15) is 13.2 Å². The Morgan fingerprint density at radius 2 is 1.86 bits per heavy atom. The van der Waals surface area contributed by atoms with Crippen LogP contribution in [0.4, 0.5) is 13.2 Å². The van der Waals surface area contributed by atoms with Crippen molar-refractivity contribution >= 4 is 21.6 Å². The Hall–Kier alpha value is -0.830. The van der Waals surface area contributed by atoms with Crippen LogP contribution in [0.25, 0.3) is 0 Å². The maximum absolute atomic E-state index is 12.7. The van der Waals surface area contributed by atoms with E-state index in [0.717, 1.165) is 12.1 Å². The van der Waals surface area contributed by atoms with Gasteiger partial charge in [0.1, 0.15) is 0 Å². The van der Waals surface area contributed by atoms with Gasteiger partial charge in [-0.15, -0.1) is 0 Å². The SMILES string of the molecule is CC(C)NCCNS(=O)(=O)c1ccc(Cl)c(C(F)(F)F)c1. The zero-order valence-corrected chi connectivity index (χ0v) is 13.0. The Kier molecular flexibility index (Phi) is 6.03. The van der Waals surface area contributed by atoms with Crippen molar-refractivity contribution in [3.8, 4) is 0 Å². The molecule has 0 spiro atoms. The van der Waals surface area contributed by atoms with Gasteiger partial charge in [0, 0.05) is 19.1 Å². The lowest BCUT2D eigenvalue weighted by Gasteiger charge is -2.12. The predicted octanol–water partition coefficient (Wildman–Crippen LogP) is 2.64. The summed E-state index contributed by atoms with van der Waals surface area (Å²) < 4.78 is 64.2. The van der Waals surface area contributed by atoms with E-state index in [4.69, 9.17) is 11.6 Å². The van der Waals surface area contributed by atoms with Gasteiger partial charge in [-0.05, 0) is 18.2 Å². The number of benzene rings is 1. The topological polar surface area (TPSA) is 58.2 Å². The van der Waals surface area contributed by atoms with Gasteiger partial charge in [0.05, 0.1) is 15.5 Å². The molecule has 0 aliphatic carbocycles. The van der Waals surface area contributed by atoms with E-state index in [9.17, 15) is 21.6 Å². The van der Waals surface area contributed by atoms with E-state index >= 15 is 0 Å². The number of rotatable bonds is 6. The van der Waals surface area contributed by atoms with E-state index in [-0.39, 0.29) is 12.6 Å². The summed E-state index contributed by atoms with van der Waals surface area (Å²) >= 11 is 5.45. The maximum Gasteiger partial charge on any atom is 0.417 e. The van der Waals surface area contributed by atoms with Crippen molar-refractivity contribution in [1.29, 1.82) is 0 Å². The van der Waals surface area contributed by atoms with E-state index in [1.807, 2.05) is 13.8 Å². The van der Waals surface area contributed by atoms with Crippen molar-refractivity contribution in [3.63, 3.8) is 0 Å². The van der Waals surface area contributed by atoms with Crippen LogP contribution in [0, 0.1) is 0 Å². The molecule has 2 N–H and O–H groups in total. The highest BCUT2D eigenvalue weighted by Crippen LogP contribution is 2.35. The average Bonchev–Trinajstić information content (AvgIpc) is 2.33. The fourth-order valence-electron chi connectivity index (χ4n) is 1.52. The normalized spacial score (nSPS) is 12.9. The van der Waals surface area contributed by atoms with Gasteiger partial charge in [0.15, 0.2) is 0 Å². The van der Waals surface area contributed by atoms with Crippen LogP contribution in [-0.4, -0.2) is 27.5 Å². The number of nitrogens with one attached hydrogen (secondary N) is 2. The number of halogens is 4. The maximum atomic E-state index is 12.7. The molecule has 0 aliphatic heterocycles. The van der Waals surface area contributed by atoms with Crippen LogP contribution < -0.4 is 10.0 Å². The molecule has 0 atom stereocenters. The quantitative estimate of drug-likeness (QED) is 0.780. The summed E-state index contributed by atoms with van der Waals surface area (Å²) in [6, 6.07) is 2.67. The van der Waals surface area contributed by atoms with Gasteiger partial charge in [-0.25, -0.2) is 13.1 Å². The summed E-state index contributed by atoms with van der Waals surface area (Å²) in [5.74, 6) is 0. The van der Waals surface area contributed by atoms with E-state index in [0.29, 0.717) is 12.6 Å². The molecule has 1 rings (SSSR count). The van der Waals surface area contributed by atoms with E-state index in [1.54, 1.807) is 0 Å². The number of hydrogen-bond donors (Lipinski definition) is 2. The van der Waals surface area contributed by atoms with Crippen molar-refractivity contribution in [2.75, 3.05) is 13.1 Å². The molecule has 120 valence electrons. The standard InChI is InChI=1S/C12H16ClF3N2O2S/c1-8(2)17-5-6-18-21(19,20)9-3-4-11(13)10(7-9)12(14,15)16/h3-4,7-8,17-18H,5-6H2,1-2H3. The molecule has 0 bridgehead atoms. The van der Waals surface area contributed by atoms with Crippen molar-refractivity contribution in [3.05, 3.63) is 28.8 Å². The number of sulfonamides is 1. The first-order chi connectivity index (χ1) is 9.54. The van der Waals surface area contributed by atoms with Gasteiger partial charge in [-0.1, -0.05) is 25.4 Å². The first-order valence-corrected chi connectivity index (χ1v) is 8.00. The fourth-order valence-corrected chi connectivity index (χ4v) is 2.80. The number of hydrogen-bond acceptors (Lipinski definition) is 3. The summed E-state index contributed by atoms with van der Waals surface area (Å²) in [5.41, 5.74) is -1.17. The molecule has 0 heterocycles. The largest absolute Gasteiger partial charge is 0.417 e. The minimum absolute atomic E-state index is 0.0739. The van der Waals surface area contributed by atoms with Crippen molar-refractivity contribution in [1.82, 2.24) is 10.0 Å². The summed E-state index contributed by atoms with van der Waals surface area (Å²) in [5, 5.41) is 2.45. The molecular weight excluding hydrogens is 329 g/mol. The highest BCUT2D eigenvalue weighted by atomic mass is 35.5. The molecule has 0 aromatic heterocycles. The van der Waals surface area contributed by atoms with Crippen LogP contribution in [0.3, 0.4) is 0 Å². The Morgan fingerprint density at radius 1 is 1.24 bits per heavy atom. The van der Waals surface area contributed by atoms with Crippen LogP contribution >= 0.6 is 11.6 Å². The lowest BCUT2D eigenvalue weighted by Crippen LogP contribution is -2.34. The van der Waals surface area contributed by atoms with Crippen LogP contribution in [0.2, 0.25) is 5.02 Å². The Morgan fingerprint density at radius 3 is 2.38 bits per heavy atom. The molecule has 21 heavy (non-hydrogen) atoms. The molecule has 1 aromatic rings. The molecule has 0 amide bonds. The van der Waals surface area contributed by atoms with Crippen LogP contribution in [0.1, 0.15) is 19.4 Å². The summed E-state index contributed by atoms with van der Waals surface area (Å²) in [6.07, 6.45) is -4.71. The highest BCUT2D eigenvalue weighted by Gasteiger charge is 2.34. The molecule has 4 nitrogen and oxygen atoms in total. The van der Waals surface area contributed by atoms with Gasteiger partial charge in [0.25, 0.3) is 0 Å². The lowest BCUT2D eigenvalue weighted by atomic mass is 10.2. The van der Waals surface area contributed by atoms with Gasteiger partial charge < -0.3 is 5.32 Å². The van der Waals surface area contributed by atoms with Crippen molar-refractivity contribution in [2.45, 2.75) is 31.0 Å². The second-order valence-corrected chi connectivity index (χ2v) is 6.82. The molecule has 1 aromatic carbocycles. The first-order valence-electron chi connectivity index (χ1n) is 6.14. The van der Waals surface area contributed by atoms with Crippen LogP contribution in [0.15, 0.2) is 23.1 Å². The van der Waals surface area contributed by atoms with Crippen molar-refractivity contribution < 1.29 is 21.6 Å². The van der Waals surface area contributed by atoms with E-state index < -0.39 is 31.7 Å². The minimum atomic E-state index is -4.71. The van der Waals surface area contributed by atoms with E-state index in [1.165, 1.54) is 0 Å². The Balaban J connectivity index is 2.89. The monoisotopic (exact) mass is 344 g/mol. The third-order valence-corrected chi connectivity index (χ3v) is 4.31. The lowest BCUT2D eigenvalue weighted by molar-refractivity contribution is -0.137. The molecule has 9 heteroatoms. The zero-order valence-electron chi connectivity index (χ0n) is 11.5. The van der Waals surface area contributed by atoms with Gasteiger partial charge >= 0.3 is 6.18 Å². The fraction of sp³-hybridized carbons (Fsp3) is 0.500. The van der Waals surface area contributed by atoms with Gasteiger partial charge in [-0.3, -0.25) is 0 Å². The van der Waals surface area contributed by atoms with E-state index in [2.05, 4.69) is 10.0 Å². The Bertz CT molecular complexity index is 589. The number of alkyl halides is 3. The van der Waals surface area contributed by atoms with Crippen LogP contribution in [0.5, 0.6) is 0 Å². The minimum Gasteiger partial charge on any atom is -0.313 e. The smallest absolute Gasteiger partial charge is 0.313 e. The molecular formula is C12H16ClF3N2O2S. The third kappa shape index (κ3) is 5.46. The second kappa shape index (κ2) is 6.95. The second-order valence-electron chi connectivity index (χ2n) is 4.65. The van der Waals surface area contributed by atoms with Crippen LogP contribution in [-0.2, 0) is 16.2 Å². The highest BCUT2D eigenvalue weighted by molar-refractivity contribution is 7.89. The molecule has 0 fully saturated rings.